The van der Waals surface area contributed by atoms with Crippen molar-refractivity contribution < 1.29 is 19.4 Å². The van der Waals surface area contributed by atoms with Crippen molar-refractivity contribution in [2.45, 2.75) is 51.8 Å². The van der Waals surface area contributed by atoms with Crippen molar-refractivity contribution in [2.75, 3.05) is 6.61 Å². The number of benzene rings is 1. The van der Waals surface area contributed by atoms with Gasteiger partial charge in [-0.2, -0.15) is 0 Å². The number of para-hydroxylation sites is 1. The molecule has 116 valence electrons. The molecule has 0 amide bonds. The van der Waals surface area contributed by atoms with Gasteiger partial charge in [0, 0.05) is 18.0 Å². The third-order valence-corrected chi connectivity index (χ3v) is 3.29. The van der Waals surface area contributed by atoms with Crippen LogP contribution in [0.5, 0.6) is 11.5 Å². The van der Waals surface area contributed by atoms with Crippen LogP contribution in [0.3, 0.4) is 0 Å². The van der Waals surface area contributed by atoms with E-state index >= 15 is 0 Å². The zero-order valence-electron chi connectivity index (χ0n) is 13.0. The predicted molar refractivity (Wildman–Crippen MR) is 80.0 cm³/mol. The van der Waals surface area contributed by atoms with Crippen molar-refractivity contribution in [1.29, 1.82) is 0 Å². The summed E-state index contributed by atoms with van der Waals surface area (Å²) < 4.78 is 11.6. The molecule has 1 unspecified atom stereocenters. The van der Waals surface area contributed by atoms with Gasteiger partial charge in [-0.1, -0.05) is 26.0 Å². The standard InChI is InChI=1S/C16H23NO4/c1-10(2)17-12(15(18)19)9-20-13-7-5-6-11-8-16(3,4)21-14(11)13/h5-7,10,12,17H,8-9H2,1-4H3,(H,18,19). The molecule has 1 aliphatic heterocycles. The fourth-order valence-electron chi connectivity index (χ4n) is 2.47. The Morgan fingerprint density at radius 2 is 2.19 bits per heavy atom. The summed E-state index contributed by atoms with van der Waals surface area (Å²) in [4.78, 5) is 11.2. The fourth-order valence-corrected chi connectivity index (χ4v) is 2.47. The van der Waals surface area contributed by atoms with Crippen LogP contribution in [0.1, 0.15) is 33.3 Å². The van der Waals surface area contributed by atoms with Gasteiger partial charge in [-0.15, -0.1) is 0 Å². The molecule has 5 heteroatoms. The molecule has 0 bridgehead atoms. The van der Waals surface area contributed by atoms with Crippen LogP contribution in [-0.2, 0) is 11.2 Å². The molecule has 0 radical (unpaired) electrons. The van der Waals surface area contributed by atoms with Crippen molar-refractivity contribution in [3.8, 4) is 11.5 Å². The molecule has 0 saturated carbocycles. The highest BCUT2D eigenvalue weighted by atomic mass is 16.5. The lowest BCUT2D eigenvalue weighted by molar-refractivity contribution is -0.140. The molecule has 0 saturated heterocycles. The Labute approximate surface area is 125 Å². The molecule has 5 nitrogen and oxygen atoms in total. The first kappa shape index (κ1) is 15.6. The normalized spacial score (nSPS) is 17.2. The van der Waals surface area contributed by atoms with Gasteiger partial charge in [-0.05, 0) is 19.9 Å². The minimum absolute atomic E-state index is 0.0632. The summed E-state index contributed by atoms with van der Waals surface area (Å²) in [5, 5.41) is 12.2. The van der Waals surface area contributed by atoms with E-state index in [4.69, 9.17) is 9.47 Å². The molecule has 0 spiro atoms. The van der Waals surface area contributed by atoms with Gasteiger partial charge in [-0.3, -0.25) is 10.1 Å². The van der Waals surface area contributed by atoms with Gasteiger partial charge in [0.1, 0.15) is 18.2 Å². The predicted octanol–water partition coefficient (Wildman–Crippen LogP) is 2.23. The highest BCUT2D eigenvalue weighted by molar-refractivity contribution is 5.73. The molecule has 21 heavy (non-hydrogen) atoms. The van der Waals surface area contributed by atoms with Crippen LogP contribution in [0, 0.1) is 0 Å². The zero-order chi connectivity index (χ0) is 15.6. The van der Waals surface area contributed by atoms with Crippen LogP contribution in [0.2, 0.25) is 0 Å². The van der Waals surface area contributed by atoms with Gasteiger partial charge in [0.05, 0.1) is 0 Å². The number of carboxylic acids is 1. The Hall–Kier alpha value is -1.75. The highest BCUT2D eigenvalue weighted by Gasteiger charge is 2.32. The highest BCUT2D eigenvalue weighted by Crippen LogP contribution is 2.41. The molecule has 0 aliphatic carbocycles. The van der Waals surface area contributed by atoms with Crippen molar-refractivity contribution in [1.82, 2.24) is 5.32 Å². The number of hydrogen-bond acceptors (Lipinski definition) is 4. The van der Waals surface area contributed by atoms with Crippen molar-refractivity contribution in [3.05, 3.63) is 23.8 Å². The lowest BCUT2D eigenvalue weighted by atomic mass is 10.0. The Kier molecular flexibility index (Phi) is 4.42. The number of carbonyl (C=O) groups is 1. The van der Waals surface area contributed by atoms with E-state index < -0.39 is 12.0 Å². The maximum absolute atomic E-state index is 11.2. The molecule has 2 rings (SSSR count). The minimum atomic E-state index is -0.919. The smallest absolute Gasteiger partial charge is 0.324 e. The monoisotopic (exact) mass is 293 g/mol. The molecule has 0 fully saturated rings. The fraction of sp³-hybridized carbons (Fsp3) is 0.562. The molecule has 2 N–H and O–H groups in total. The Bertz CT molecular complexity index is 525. The van der Waals surface area contributed by atoms with Gasteiger partial charge in [0.15, 0.2) is 11.5 Å². The number of nitrogens with one attached hydrogen (secondary N) is 1. The van der Waals surface area contributed by atoms with Crippen LogP contribution in [-0.4, -0.2) is 35.4 Å². The SMILES string of the molecule is CC(C)NC(COc1cccc2c1OC(C)(C)C2)C(=O)O. The van der Waals surface area contributed by atoms with E-state index in [1.54, 1.807) is 0 Å². The van der Waals surface area contributed by atoms with Crippen molar-refractivity contribution >= 4 is 5.97 Å². The van der Waals surface area contributed by atoms with Crippen LogP contribution in [0.4, 0.5) is 0 Å². The van der Waals surface area contributed by atoms with Crippen LogP contribution in [0.15, 0.2) is 18.2 Å². The molecule has 1 aromatic rings. The third kappa shape index (κ3) is 3.88. The summed E-state index contributed by atoms with van der Waals surface area (Å²) >= 11 is 0. The summed E-state index contributed by atoms with van der Waals surface area (Å²) in [6.07, 6.45) is 0.826. The average molecular weight is 293 g/mol. The summed E-state index contributed by atoms with van der Waals surface area (Å²) in [5.74, 6) is 0.420. The minimum Gasteiger partial charge on any atom is -0.487 e. The molecule has 0 aromatic heterocycles. The Morgan fingerprint density at radius 1 is 1.48 bits per heavy atom. The van der Waals surface area contributed by atoms with Gasteiger partial charge in [0.2, 0.25) is 0 Å². The number of aliphatic carboxylic acids is 1. The van der Waals surface area contributed by atoms with Gasteiger partial charge in [-0.25, -0.2) is 0 Å². The summed E-state index contributed by atoms with van der Waals surface area (Å²) in [6.45, 7) is 7.92. The largest absolute Gasteiger partial charge is 0.487 e. The van der Waals surface area contributed by atoms with E-state index in [1.807, 2.05) is 45.9 Å². The first-order valence-electron chi connectivity index (χ1n) is 7.21. The van der Waals surface area contributed by atoms with Crippen molar-refractivity contribution in [2.24, 2.45) is 0 Å². The first-order valence-corrected chi connectivity index (χ1v) is 7.21. The average Bonchev–Trinajstić information content (AvgIpc) is 2.68. The molecule has 1 aliphatic rings. The quantitative estimate of drug-likeness (QED) is 0.842. The first-order chi connectivity index (χ1) is 9.78. The number of hydrogen-bond donors (Lipinski definition) is 2. The molecule has 1 aromatic carbocycles. The third-order valence-electron chi connectivity index (χ3n) is 3.29. The summed E-state index contributed by atoms with van der Waals surface area (Å²) in [6, 6.07) is 5.07. The second-order valence-electron chi connectivity index (χ2n) is 6.31. The van der Waals surface area contributed by atoms with Gasteiger partial charge >= 0.3 is 5.97 Å². The molecule has 1 atom stereocenters. The second-order valence-corrected chi connectivity index (χ2v) is 6.31. The van der Waals surface area contributed by atoms with Crippen LogP contribution in [0.25, 0.3) is 0 Å². The van der Waals surface area contributed by atoms with E-state index in [-0.39, 0.29) is 18.2 Å². The summed E-state index contributed by atoms with van der Waals surface area (Å²) in [5.41, 5.74) is 0.852. The molecular weight excluding hydrogens is 270 g/mol. The lowest BCUT2D eigenvalue weighted by Gasteiger charge is -2.20. The number of rotatable bonds is 6. The van der Waals surface area contributed by atoms with E-state index in [9.17, 15) is 9.90 Å². The number of carboxylic acid groups (broad SMARTS) is 1. The Morgan fingerprint density at radius 3 is 2.81 bits per heavy atom. The zero-order valence-corrected chi connectivity index (χ0v) is 13.0. The molecule has 1 heterocycles. The van der Waals surface area contributed by atoms with Crippen molar-refractivity contribution in [3.63, 3.8) is 0 Å². The summed E-state index contributed by atoms with van der Waals surface area (Å²) in [7, 11) is 0. The van der Waals surface area contributed by atoms with E-state index in [0.717, 1.165) is 17.7 Å². The maximum Gasteiger partial charge on any atom is 0.324 e. The van der Waals surface area contributed by atoms with Gasteiger partial charge < -0.3 is 14.6 Å². The van der Waals surface area contributed by atoms with E-state index in [1.165, 1.54) is 0 Å². The Balaban J connectivity index is 2.08. The maximum atomic E-state index is 11.2. The van der Waals surface area contributed by atoms with E-state index in [2.05, 4.69) is 5.32 Å². The number of fused-ring (bicyclic) bond motifs is 1. The molecular formula is C16H23NO4. The van der Waals surface area contributed by atoms with E-state index in [0.29, 0.717) is 5.75 Å². The van der Waals surface area contributed by atoms with Crippen LogP contribution < -0.4 is 14.8 Å². The number of ether oxygens (including phenoxy) is 2. The topological polar surface area (TPSA) is 67.8 Å². The second kappa shape index (κ2) is 5.93. The van der Waals surface area contributed by atoms with Crippen LogP contribution >= 0.6 is 0 Å². The van der Waals surface area contributed by atoms with Gasteiger partial charge in [0.25, 0.3) is 0 Å². The lowest BCUT2D eigenvalue weighted by Crippen LogP contribution is -2.44.